The van der Waals surface area contributed by atoms with Gasteiger partial charge in [0, 0.05) is 34.6 Å². The molecule has 0 radical (unpaired) electrons. The van der Waals surface area contributed by atoms with E-state index in [0.29, 0.717) is 5.56 Å². The molecule has 0 saturated carbocycles. The predicted octanol–water partition coefficient (Wildman–Crippen LogP) is 4.84. The van der Waals surface area contributed by atoms with Gasteiger partial charge in [0.1, 0.15) is 0 Å². The zero-order chi connectivity index (χ0) is 20.4. The molecule has 0 fully saturated rings. The molecule has 0 unspecified atom stereocenters. The molecule has 29 heavy (non-hydrogen) atoms. The maximum absolute atomic E-state index is 13.3. The number of hydrogen-bond acceptors (Lipinski definition) is 3. The van der Waals surface area contributed by atoms with E-state index in [4.69, 9.17) is 0 Å². The van der Waals surface area contributed by atoms with Crippen LogP contribution in [0, 0.1) is 10.1 Å². The summed E-state index contributed by atoms with van der Waals surface area (Å²) in [7, 11) is 1.91. The fraction of sp³-hybridized carbons (Fsp3) is 0.125. The fourth-order valence-electron chi connectivity index (χ4n) is 3.96. The summed E-state index contributed by atoms with van der Waals surface area (Å²) in [6, 6.07) is 24.1. The zero-order valence-corrected chi connectivity index (χ0v) is 15.9. The van der Waals surface area contributed by atoms with Crippen molar-refractivity contribution in [3.05, 3.63) is 118 Å². The highest BCUT2D eigenvalue weighted by Gasteiger charge is 2.42. The van der Waals surface area contributed by atoms with Gasteiger partial charge < -0.3 is 4.57 Å². The molecule has 4 aromatic rings. The minimum atomic E-state index is -1.43. The smallest absolute Gasteiger partial charge is 0.285 e. The number of nitrogens with zero attached hydrogens (tertiary/aromatic N) is 2. The van der Waals surface area contributed by atoms with Crippen molar-refractivity contribution in [1.29, 1.82) is 0 Å². The molecule has 0 N–H and O–H groups in total. The van der Waals surface area contributed by atoms with Crippen LogP contribution < -0.4 is 0 Å². The summed E-state index contributed by atoms with van der Waals surface area (Å²) in [6.45, 7) is 0. The molecule has 0 aliphatic rings. The molecule has 1 aromatic heterocycles. The molecule has 3 aromatic carbocycles. The second-order valence-corrected chi connectivity index (χ2v) is 7.06. The van der Waals surface area contributed by atoms with E-state index in [9.17, 15) is 14.9 Å². The number of ketones is 1. The number of aromatic nitrogens is 1. The van der Waals surface area contributed by atoms with Crippen LogP contribution in [0.5, 0.6) is 0 Å². The number of carbonyl (C=O) groups is 1. The first-order valence-electron chi connectivity index (χ1n) is 9.39. The molecule has 2 atom stereocenters. The molecule has 0 amide bonds. The Hall–Kier alpha value is -3.73. The first-order chi connectivity index (χ1) is 14.1. The quantitative estimate of drug-likeness (QED) is 0.271. The van der Waals surface area contributed by atoms with Crippen molar-refractivity contribution in [2.45, 2.75) is 12.0 Å². The third kappa shape index (κ3) is 3.43. The lowest BCUT2D eigenvalue weighted by molar-refractivity contribution is -0.507. The maximum Gasteiger partial charge on any atom is 0.285 e. The molecule has 4 rings (SSSR count). The van der Waals surface area contributed by atoms with E-state index in [0.717, 1.165) is 22.0 Å². The summed E-state index contributed by atoms with van der Waals surface area (Å²) < 4.78 is 1.95. The number of carbonyl (C=O) groups excluding carboxylic acids is 1. The van der Waals surface area contributed by atoms with Gasteiger partial charge in [0.15, 0.2) is 0 Å². The van der Waals surface area contributed by atoms with Crippen LogP contribution in [0.25, 0.3) is 10.9 Å². The van der Waals surface area contributed by atoms with Crippen LogP contribution in [-0.2, 0) is 7.05 Å². The first-order valence-corrected chi connectivity index (χ1v) is 9.39. The second-order valence-electron chi connectivity index (χ2n) is 7.06. The number of hydrogen-bond donors (Lipinski definition) is 0. The average molecular weight is 384 g/mol. The lowest BCUT2D eigenvalue weighted by atomic mass is 9.82. The largest absolute Gasteiger partial charge is 0.350 e. The highest BCUT2D eigenvalue weighted by atomic mass is 16.6. The van der Waals surface area contributed by atoms with Gasteiger partial charge in [-0.15, -0.1) is 0 Å². The van der Waals surface area contributed by atoms with E-state index in [1.54, 1.807) is 30.3 Å². The van der Waals surface area contributed by atoms with Crippen LogP contribution in [-0.4, -0.2) is 21.3 Å². The van der Waals surface area contributed by atoms with Crippen LogP contribution >= 0.6 is 0 Å². The summed E-state index contributed by atoms with van der Waals surface area (Å²) in [5, 5.41) is 13.1. The van der Waals surface area contributed by atoms with E-state index in [1.165, 1.54) is 0 Å². The Morgan fingerprint density at radius 2 is 1.48 bits per heavy atom. The van der Waals surface area contributed by atoms with Gasteiger partial charge in [-0.2, -0.15) is 0 Å². The van der Waals surface area contributed by atoms with Gasteiger partial charge in [0.2, 0.25) is 5.78 Å². The monoisotopic (exact) mass is 384 g/mol. The Morgan fingerprint density at radius 1 is 0.897 bits per heavy atom. The van der Waals surface area contributed by atoms with Crippen molar-refractivity contribution in [3.63, 3.8) is 0 Å². The third-order valence-electron chi connectivity index (χ3n) is 5.29. The highest BCUT2D eigenvalue weighted by molar-refractivity contribution is 6.01. The molecular formula is C24H20N2O3. The molecule has 144 valence electrons. The van der Waals surface area contributed by atoms with E-state index in [1.807, 2.05) is 72.4 Å². The zero-order valence-electron chi connectivity index (χ0n) is 15.9. The minimum Gasteiger partial charge on any atom is -0.350 e. The first kappa shape index (κ1) is 18.6. The van der Waals surface area contributed by atoms with E-state index in [-0.39, 0.29) is 0 Å². The van der Waals surface area contributed by atoms with Gasteiger partial charge in [0.05, 0.1) is 5.92 Å². The molecule has 5 nitrogen and oxygen atoms in total. The molecule has 5 heteroatoms. The summed E-state index contributed by atoms with van der Waals surface area (Å²) in [6.07, 6.45) is 1.90. The summed E-state index contributed by atoms with van der Waals surface area (Å²) >= 11 is 0. The SMILES string of the molecule is Cn1cc([C@@H](c2ccccc2)[C@@H](C(=O)c2ccccc2)[N+](=O)[O-])c2ccccc21. The topological polar surface area (TPSA) is 65.1 Å². The van der Waals surface area contributed by atoms with Crippen molar-refractivity contribution in [2.75, 3.05) is 0 Å². The van der Waals surface area contributed by atoms with Crippen molar-refractivity contribution >= 4 is 16.7 Å². The molecule has 0 bridgehead atoms. The number of benzene rings is 3. The van der Waals surface area contributed by atoms with E-state index >= 15 is 0 Å². The Morgan fingerprint density at radius 3 is 2.14 bits per heavy atom. The van der Waals surface area contributed by atoms with Crippen LogP contribution in [0.1, 0.15) is 27.4 Å². The Balaban J connectivity index is 1.94. The van der Waals surface area contributed by atoms with Crippen molar-refractivity contribution in [1.82, 2.24) is 4.57 Å². The van der Waals surface area contributed by atoms with Crippen LogP contribution in [0.4, 0.5) is 0 Å². The average Bonchev–Trinajstić information content (AvgIpc) is 3.09. The van der Waals surface area contributed by atoms with Crippen molar-refractivity contribution in [3.8, 4) is 0 Å². The molecule has 0 aliphatic heterocycles. The van der Waals surface area contributed by atoms with E-state index < -0.39 is 22.7 Å². The molecular weight excluding hydrogens is 364 g/mol. The Bertz CT molecular complexity index is 1170. The highest BCUT2D eigenvalue weighted by Crippen LogP contribution is 2.36. The number of rotatable bonds is 6. The minimum absolute atomic E-state index is 0.343. The summed E-state index contributed by atoms with van der Waals surface area (Å²) in [5.41, 5.74) is 2.84. The summed E-state index contributed by atoms with van der Waals surface area (Å²) in [4.78, 5) is 25.0. The molecule has 0 spiro atoms. The van der Waals surface area contributed by atoms with Gasteiger partial charge in [-0.05, 0) is 17.2 Å². The van der Waals surface area contributed by atoms with Crippen molar-refractivity contribution in [2.24, 2.45) is 7.05 Å². The number of nitro groups is 1. The predicted molar refractivity (Wildman–Crippen MR) is 113 cm³/mol. The number of fused-ring (bicyclic) bond motifs is 1. The van der Waals surface area contributed by atoms with Crippen molar-refractivity contribution < 1.29 is 9.72 Å². The molecule has 0 saturated heterocycles. The number of para-hydroxylation sites is 1. The van der Waals surface area contributed by atoms with Gasteiger partial charge >= 0.3 is 0 Å². The van der Waals surface area contributed by atoms with Crippen LogP contribution in [0.3, 0.4) is 0 Å². The van der Waals surface area contributed by atoms with Gasteiger partial charge in [-0.3, -0.25) is 14.9 Å². The Labute approximate surface area is 168 Å². The van der Waals surface area contributed by atoms with E-state index in [2.05, 4.69) is 0 Å². The van der Waals surface area contributed by atoms with Gasteiger partial charge in [-0.25, -0.2) is 0 Å². The van der Waals surface area contributed by atoms with Gasteiger partial charge in [-0.1, -0.05) is 78.9 Å². The molecule has 0 aliphatic carbocycles. The third-order valence-corrected chi connectivity index (χ3v) is 5.29. The number of Topliss-reactive ketones (excluding diaryl/α,β-unsaturated/α-hetero) is 1. The normalized spacial score (nSPS) is 13.1. The standard InChI is InChI=1S/C24H20N2O3/c1-25-16-20(19-14-8-9-15-21(19)25)22(17-10-4-2-5-11-17)23(26(28)29)24(27)18-12-6-3-7-13-18/h2-16,22-23H,1H3/t22-,23+/m1/s1. The lowest BCUT2D eigenvalue weighted by Crippen LogP contribution is -2.36. The maximum atomic E-state index is 13.3. The lowest BCUT2D eigenvalue weighted by Gasteiger charge is -2.21. The number of aryl methyl sites for hydroxylation is 1. The van der Waals surface area contributed by atoms with Crippen LogP contribution in [0.15, 0.2) is 91.1 Å². The summed E-state index contributed by atoms with van der Waals surface area (Å²) in [5.74, 6) is -1.19. The van der Waals surface area contributed by atoms with Crippen LogP contribution in [0.2, 0.25) is 0 Å². The fourth-order valence-corrected chi connectivity index (χ4v) is 3.96. The second kappa shape index (κ2) is 7.72. The van der Waals surface area contributed by atoms with Gasteiger partial charge in [0.25, 0.3) is 6.04 Å². The molecule has 1 heterocycles. The Kier molecular flexibility index (Phi) is 4.96.